The second-order valence-electron chi connectivity index (χ2n) is 7.46. The molecule has 2 aromatic rings. The molecule has 160 valence electrons. The fraction of sp³-hybridized carbons (Fsp3) is 0.391. The largest absolute Gasteiger partial charge is 0.380 e. The normalized spacial score (nSPS) is 14.9. The van der Waals surface area contributed by atoms with Crippen LogP contribution in [0.1, 0.15) is 27.9 Å². The summed E-state index contributed by atoms with van der Waals surface area (Å²) in [5, 5.41) is 2.96. The van der Waals surface area contributed by atoms with Crippen molar-refractivity contribution in [2.75, 3.05) is 39.8 Å². The Hall–Kier alpha value is -2.77. The fourth-order valence-corrected chi connectivity index (χ4v) is 3.59. The lowest BCUT2D eigenvalue weighted by Crippen LogP contribution is -2.39. The average Bonchev–Trinajstić information content (AvgIpc) is 2.98. The Bertz CT molecular complexity index is 874. The zero-order chi connectivity index (χ0) is 21.3. The molecule has 2 aromatic carbocycles. The second kappa shape index (κ2) is 10.8. The van der Waals surface area contributed by atoms with E-state index in [9.17, 15) is 14.0 Å². The maximum atomic E-state index is 13.4. The van der Waals surface area contributed by atoms with Gasteiger partial charge in [-0.15, -0.1) is 0 Å². The van der Waals surface area contributed by atoms with E-state index in [2.05, 4.69) is 10.2 Å². The van der Waals surface area contributed by atoms with Gasteiger partial charge in [0.2, 0.25) is 5.91 Å². The molecule has 0 aliphatic carbocycles. The van der Waals surface area contributed by atoms with Crippen molar-refractivity contribution in [2.45, 2.75) is 19.6 Å². The standard InChI is InChI=1S/C23H28FN3O3/c1-30-17-19-6-2-5-18(13-19)15-25-22(28)16-26-9-4-10-27(12-11-26)23(29)20-7-3-8-21(24)14-20/h2-3,5-8,13-14H,4,9-12,15-17H2,1H3,(H,25,28). The third-order valence-corrected chi connectivity index (χ3v) is 5.11. The molecule has 0 aromatic heterocycles. The third kappa shape index (κ3) is 6.37. The van der Waals surface area contributed by atoms with Gasteiger partial charge >= 0.3 is 0 Å². The first-order chi connectivity index (χ1) is 14.5. The maximum Gasteiger partial charge on any atom is 0.254 e. The van der Waals surface area contributed by atoms with E-state index in [-0.39, 0.29) is 11.8 Å². The number of nitrogens with one attached hydrogen (secondary N) is 1. The van der Waals surface area contributed by atoms with Gasteiger partial charge < -0.3 is 15.0 Å². The number of carbonyl (C=O) groups is 2. The van der Waals surface area contributed by atoms with Crippen LogP contribution < -0.4 is 5.32 Å². The number of nitrogens with zero attached hydrogens (tertiary/aromatic N) is 2. The van der Waals surface area contributed by atoms with Gasteiger partial charge in [0.1, 0.15) is 5.82 Å². The minimum absolute atomic E-state index is 0.0444. The first kappa shape index (κ1) is 21.9. The van der Waals surface area contributed by atoms with Crippen LogP contribution in [0.4, 0.5) is 4.39 Å². The molecule has 1 heterocycles. The van der Waals surface area contributed by atoms with Crippen LogP contribution in [0.2, 0.25) is 0 Å². The van der Waals surface area contributed by atoms with Crippen molar-refractivity contribution in [1.29, 1.82) is 0 Å². The highest BCUT2D eigenvalue weighted by atomic mass is 19.1. The molecular formula is C23H28FN3O3. The lowest BCUT2D eigenvalue weighted by molar-refractivity contribution is -0.122. The predicted octanol–water partition coefficient (Wildman–Crippen LogP) is 2.44. The molecule has 0 saturated carbocycles. The van der Waals surface area contributed by atoms with Crippen LogP contribution in [0.15, 0.2) is 48.5 Å². The number of amides is 2. The number of carbonyl (C=O) groups excluding carboxylic acids is 2. The molecule has 0 bridgehead atoms. The van der Waals surface area contributed by atoms with Gasteiger partial charge in [0.05, 0.1) is 13.2 Å². The molecule has 3 rings (SSSR count). The number of hydrogen-bond donors (Lipinski definition) is 1. The van der Waals surface area contributed by atoms with E-state index in [1.807, 2.05) is 24.3 Å². The summed E-state index contributed by atoms with van der Waals surface area (Å²) in [4.78, 5) is 28.8. The zero-order valence-electron chi connectivity index (χ0n) is 17.3. The molecular weight excluding hydrogens is 385 g/mol. The molecule has 1 N–H and O–H groups in total. The van der Waals surface area contributed by atoms with Crippen molar-refractivity contribution >= 4 is 11.8 Å². The fourth-order valence-electron chi connectivity index (χ4n) is 3.59. The van der Waals surface area contributed by atoms with Gasteiger partial charge in [-0.25, -0.2) is 4.39 Å². The van der Waals surface area contributed by atoms with Crippen molar-refractivity contribution < 1.29 is 18.7 Å². The van der Waals surface area contributed by atoms with Gasteiger partial charge in [0.25, 0.3) is 5.91 Å². The van der Waals surface area contributed by atoms with Gasteiger partial charge in [-0.1, -0.05) is 30.3 Å². The molecule has 2 amide bonds. The van der Waals surface area contributed by atoms with Crippen molar-refractivity contribution in [3.63, 3.8) is 0 Å². The summed E-state index contributed by atoms with van der Waals surface area (Å²) in [5.74, 6) is -0.629. The molecule has 0 spiro atoms. The summed E-state index contributed by atoms with van der Waals surface area (Å²) in [7, 11) is 1.66. The van der Waals surface area contributed by atoms with E-state index >= 15 is 0 Å². The third-order valence-electron chi connectivity index (χ3n) is 5.11. The molecule has 6 nitrogen and oxygen atoms in total. The van der Waals surface area contributed by atoms with E-state index in [0.29, 0.717) is 44.9 Å². The Morgan fingerprint density at radius 1 is 1.03 bits per heavy atom. The van der Waals surface area contributed by atoms with Gasteiger partial charge in [-0.2, -0.15) is 0 Å². The van der Waals surface area contributed by atoms with Gasteiger partial charge in [-0.3, -0.25) is 14.5 Å². The summed E-state index contributed by atoms with van der Waals surface area (Å²) < 4.78 is 18.5. The zero-order valence-corrected chi connectivity index (χ0v) is 17.3. The smallest absolute Gasteiger partial charge is 0.254 e. The Balaban J connectivity index is 1.47. The van der Waals surface area contributed by atoms with Crippen molar-refractivity contribution in [2.24, 2.45) is 0 Å². The van der Waals surface area contributed by atoms with E-state index in [1.54, 1.807) is 24.1 Å². The molecule has 0 unspecified atom stereocenters. The topological polar surface area (TPSA) is 61.9 Å². The number of benzene rings is 2. The van der Waals surface area contributed by atoms with Crippen LogP contribution in [0.3, 0.4) is 0 Å². The molecule has 0 radical (unpaired) electrons. The minimum atomic E-state index is -0.415. The highest BCUT2D eigenvalue weighted by Gasteiger charge is 2.21. The van der Waals surface area contributed by atoms with Gasteiger partial charge in [-0.05, 0) is 35.7 Å². The van der Waals surface area contributed by atoms with Crippen LogP contribution in [-0.2, 0) is 22.7 Å². The summed E-state index contributed by atoms with van der Waals surface area (Å²) in [5.41, 5.74) is 2.46. The Kier molecular flexibility index (Phi) is 7.93. The Morgan fingerprint density at radius 3 is 2.63 bits per heavy atom. The molecule has 1 aliphatic rings. The van der Waals surface area contributed by atoms with Crippen molar-refractivity contribution in [1.82, 2.24) is 15.1 Å². The van der Waals surface area contributed by atoms with E-state index in [0.717, 1.165) is 24.1 Å². The highest BCUT2D eigenvalue weighted by Crippen LogP contribution is 2.11. The molecule has 1 fully saturated rings. The number of hydrogen-bond acceptors (Lipinski definition) is 4. The Labute approximate surface area is 176 Å². The molecule has 1 saturated heterocycles. The Morgan fingerprint density at radius 2 is 1.83 bits per heavy atom. The minimum Gasteiger partial charge on any atom is -0.380 e. The monoisotopic (exact) mass is 413 g/mol. The number of halogens is 1. The van der Waals surface area contributed by atoms with E-state index < -0.39 is 5.82 Å². The van der Waals surface area contributed by atoms with Gasteiger partial charge in [0, 0.05) is 45.4 Å². The van der Waals surface area contributed by atoms with Crippen LogP contribution in [0.5, 0.6) is 0 Å². The number of rotatable bonds is 7. The van der Waals surface area contributed by atoms with Crippen molar-refractivity contribution in [3.8, 4) is 0 Å². The number of ether oxygens (including phenoxy) is 1. The first-order valence-corrected chi connectivity index (χ1v) is 10.2. The van der Waals surface area contributed by atoms with E-state index in [4.69, 9.17) is 4.74 Å². The summed E-state index contributed by atoms with van der Waals surface area (Å²) in [6.45, 7) is 3.76. The lowest BCUT2D eigenvalue weighted by Gasteiger charge is -2.22. The average molecular weight is 413 g/mol. The lowest BCUT2D eigenvalue weighted by atomic mass is 10.1. The molecule has 30 heavy (non-hydrogen) atoms. The summed E-state index contributed by atoms with van der Waals surface area (Å²) >= 11 is 0. The summed E-state index contributed by atoms with van der Waals surface area (Å²) in [6, 6.07) is 13.7. The van der Waals surface area contributed by atoms with Gasteiger partial charge in [0.15, 0.2) is 0 Å². The van der Waals surface area contributed by atoms with Crippen LogP contribution in [0.25, 0.3) is 0 Å². The first-order valence-electron chi connectivity index (χ1n) is 10.2. The maximum absolute atomic E-state index is 13.4. The highest BCUT2D eigenvalue weighted by molar-refractivity contribution is 5.94. The molecule has 1 aliphatic heterocycles. The van der Waals surface area contributed by atoms with Crippen LogP contribution in [0, 0.1) is 5.82 Å². The van der Waals surface area contributed by atoms with E-state index in [1.165, 1.54) is 12.1 Å². The quantitative estimate of drug-likeness (QED) is 0.758. The number of methoxy groups -OCH3 is 1. The predicted molar refractivity (Wildman–Crippen MR) is 112 cm³/mol. The second-order valence-corrected chi connectivity index (χ2v) is 7.46. The van der Waals surface area contributed by atoms with Crippen LogP contribution in [-0.4, -0.2) is 61.4 Å². The van der Waals surface area contributed by atoms with Crippen LogP contribution >= 0.6 is 0 Å². The summed E-state index contributed by atoms with van der Waals surface area (Å²) in [6.07, 6.45) is 0.771. The SMILES string of the molecule is COCc1cccc(CNC(=O)CN2CCCN(C(=O)c3cccc(F)c3)CC2)c1. The molecule has 0 atom stereocenters. The molecule has 7 heteroatoms. The van der Waals surface area contributed by atoms with Crippen molar-refractivity contribution in [3.05, 3.63) is 71.0 Å².